The minimum absolute atomic E-state index is 0.579. The molecule has 2 nitrogen and oxygen atoms in total. The zero-order chi connectivity index (χ0) is 29.8. The quantitative estimate of drug-likeness (QED) is 0.216. The molecule has 3 heteroatoms. The Morgan fingerprint density at radius 3 is 2.31 bits per heavy atom. The number of allylic oxidation sites excluding steroid dienone is 4. The van der Waals surface area contributed by atoms with Crippen LogP contribution >= 0.6 is 11.8 Å². The van der Waals surface area contributed by atoms with E-state index in [0.29, 0.717) is 5.92 Å². The van der Waals surface area contributed by atoms with Gasteiger partial charge in [-0.3, -0.25) is 0 Å². The molecule has 0 fully saturated rings. The highest BCUT2D eigenvalue weighted by Gasteiger charge is 2.21. The molecular formula is C42H30N2S. The molecule has 0 bridgehead atoms. The molecule has 214 valence electrons. The zero-order valence-corrected chi connectivity index (χ0v) is 26.0. The molecule has 1 unspecified atom stereocenters. The summed E-state index contributed by atoms with van der Waals surface area (Å²) >= 11 is 1.90. The van der Waals surface area contributed by atoms with Gasteiger partial charge in [0.15, 0.2) is 0 Å². The van der Waals surface area contributed by atoms with E-state index in [1.165, 1.54) is 97.8 Å². The fourth-order valence-electron chi connectivity index (χ4n) is 7.95. The van der Waals surface area contributed by atoms with Crippen molar-refractivity contribution in [2.75, 3.05) is 6.26 Å². The summed E-state index contributed by atoms with van der Waals surface area (Å²) in [5.74, 6) is 0.579. The smallest absolute Gasteiger partial charge is 0.0620 e. The van der Waals surface area contributed by atoms with Crippen LogP contribution in [0.4, 0.5) is 0 Å². The van der Waals surface area contributed by atoms with Crippen molar-refractivity contribution in [1.82, 2.24) is 9.38 Å². The normalized spacial score (nSPS) is 15.8. The molecule has 0 spiro atoms. The molecule has 0 radical (unpaired) electrons. The summed E-state index contributed by atoms with van der Waals surface area (Å²) in [5, 5.41) is 10.4. The van der Waals surface area contributed by atoms with E-state index < -0.39 is 0 Å². The lowest BCUT2D eigenvalue weighted by atomic mass is 9.90. The zero-order valence-electron chi connectivity index (χ0n) is 25.2. The Morgan fingerprint density at radius 1 is 0.644 bits per heavy atom. The van der Waals surface area contributed by atoms with E-state index in [0.717, 1.165) is 6.42 Å². The molecule has 45 heavy (non-hydrogen) atoms. The van der Waals surface area contributed by atoms with E-state index >= 15 is 0 Å². The SMILES string of the molecule is CSC1=C(c2cccc3cc4c5cc(-c6ccc7[nH]c8ccccc8c7c6)cc6c7ccccc7n(c4cc23)c65)C=CC(C)C1. The van der Waals surface area contributed by atoms with Crippen LogP contribution in [-0.2, 0) is 0 Å². The number of rotatable bonds is 3. The average molecular weight is 595 g/mol. The Hall–Kier alpha value is -4.99. The number of aromatic amines is 1. The molecule has 1 aliphatic rings. The van der Waals surface area contributed by atoms with Crippen LogP contribution in [0, 0.1) is 5.92 Å². The molecule has 1 N–H and O–H groups in total. The first-order chi connectivity index (χ1) is 22.2. The fraction of sp³-hybridized carbons (Fsp3) is 0.0952. The summed E-state index contributed by atoms with van der Waals surface area (Å²) in [5.41, 5.74) is 11.4. The highest BCUT2D eigenvalue weighted by atomic mass is 32.2. The molecule has 1 atom stereocenters. The minimum Gasteiger partial charge on any atom is -0.355 e. The summed E-state index contributed by atoms with van der Waals surface area (Å²) in [4.78, 5) is 5.07. The molecule has 6 aromatic carbocycles. The number of thioether (sulfide) groups is 1. The lowest BCUT2D eigenvalue weighted by Crippen LogP contribution is -2.00. The van der Waals surface area contributed by atoms with Gasteiger partial charge in [0.05, 0.1) is 16.6 Å². The standard InChI is InChI=1S/C42H30N2S/c1-24-14-16-31(41(18-24)45-2)28-11-7-8-26-20-34-36-22-27(25-15-17-38-33(19-25)29-9-3-5-12-37(29)43-38)21-35-30-10-4-6-13-39(30)44(42(35)36)40(34)23-32(26)28/h3-17,19-24,43H,18H2,1-2H3. The maximum absolute atomic E-state index is 3.59. The third-order valence-corrected chi connectivity index (χ3v) is 11.0. The van der Waals surface area contributed by atoms with E-state index in [-0.39, 0.29) is 0 Å². The molecule has 10 rings (SSSR count). The summed E-state index contributed by atoms with van der Waals surface area (Å²) < 4.78 is 2.51. The predicted octanol–water partition coefficient (Wildman–Crippen LogP) is 12.0. The van der Waals surface area contributed by atoms with E-state index in [4.69, 9.17) is 0 Å². The predicted molar refractivity (Wildman–Crippen MR) is 197 cm³/mol. The number of nitrogens with one attached hydrogen (secondary N) is 1. The topological polar surface area (TPSA) is 20.2 Å². The van der Waals surface area contributed by atoms with Crippen molar-refractivity contribution in [1.29, 1.82) is 0 Å². The van der Waals surface area contributed by atoms with Crippen molar-refractivity contribution < 1.29 is 0 Å². The van der Waals surface area contributed by atoms with Gasteiger partial charge in [0.2, 0.25) is 0 Å². The van der Waals surface area contributed by atoms with E-state index in [1.54, 1.807) is 0 Å². The minimum atomic E-state index is 0.579. The van der Waals surface area contributed by atoms with Gasteiger partial charge in [-0.25, -0.2) is 0 Å². The maximum Gasteiger partial charge on any atom is 0.0620 e. The fourth-order valence-corrected chi connectivity index (χ4v) is 8.78. The molecule has 3 aromatic heterocycles. The number of para-hydroxylation sites is 2. The lowest BCUT2D eigenvalue weighted by Gasteiger charge is -2.20. The molecule has 1 aliphatic carbocycles. The van der Waals surface area contributed by atoms with Crippen LogP contribution in [0.25, 0.3) is 87.4 Å². The van der Waals surface area contributed by atoms with Crippen LogP contribution in [0.2, 0.25) is 0 Å². The van der Waals surface area contributed by atoms with Crippen molar-refractivity contribution in [3.05, 3.63) is 132 Å². The number of H-pyrrole nitrogens is 1. The van der Waals surface area contributed by atoms with Crippen LogP contribution in [0.1, 0.15) is 18.9 Å². The first kappa shape index (κ1) is 25.3. The van der Waals surface area contributed by atoms with E-state index in [2.05, 4.69) is 144 Å². The number of hydrogen-bond donors (Lipinski definition) is 1. The number of fused-ring (bicyclic) bond motifs is 10. The van der Waals surface area contributed by atoms with Gasteiger partial charge < -0.3 is 9.38 Å². The third kappa shape index (κ3) is 3.53. The summed E-state index contributed by atoms with van der Waals surface area (Å²) in [6.07, 6.45) is 8.05. The Morgan fingerprint density at radius 2 is 1.42 bits per heavy atom. The van der Waals surface area contributed by atoms with Gasteiger partial charge in [-0.05, 0) is 105 Å². The van der Waals surface area contributed by atoms with Gasteiger partial charge in [0.25, 0.3) is 0 Å². The Bertz CT molecular complexity index is 2730. The van der Waals surface area contributed by atoms with Crippen molar-refractivity contribution in [2.24, 2.45) is 5.92 Å². The molecule has 0 amide bonds. The lowest BCUT2D eigenvalue weighted by molar-refractivity contribution is 0.732. The molecular weight excluding hydrogens is 565 g/mol. The second-order valence-corrected chi connectivity index (χ2v) is 13.6. The van der Waals surface area contributed by atoms with Crippen LogP contribution in [0.3, 0.4) is 0 Å². The van der Waals surface area contributed by atoms with Gasteiger partial charge in [-0.1, -0.05) is 79.7 Å². The van der Waals surface area contributed by atoms with Crippen LogP contribution in [-0.4, -0.2) is 15.6 Å². The van der Waals surface area contributed by atoms with Gasteiger partial charge in [0, 0.05) is 43.4 Å². The van der Waals surface area contributed by atoms with Crippen LogP contribution in [0.5, 0.6) is 0 Å². The first-order valence-corrected chi connectivity index (χ1v) is 17.0. The van der Waals surface area contributed by atoms with Gasteiger partial charge in [0.1, 0.15) is 0 Å². The molecule has 0 saturated heterocycles. The molecule has 9 aromatic rings. The monoisotopic (exact) mass is 594 g/mol. The second kappa shape index (κ2) is 9.26. The molecule has 0 aliphatic heterocycles. The van der Waals surface area contributed by atoms with E-state index in [1.807, 2.05) is 11.8 Å². The molecule has 0 saturated carbocycles. The number of nitrogens with zero attached hydrogens (tertiary/aromatic N) is 1. The largest absolute Gasteiger partial charge is 0.355 e. The summed E-state index contributed by atoms with van der Waals surface area (Å²) in [6.45, 7) is 2.31. The first-order valence-electron chi connectivity index (χ1n) is 15.8. The van der Waals surface area contributed by atoms with Gasteiger partial charge >= 0.3 is 0 Å². The van der Waals surface area contributed by atoms with Crippen molar-refractivity contribution in [3.8, 4) is 11.1 Å². The van der Waals surface area contributed by atoms with Crippen LogP contribution in [0.15, 0.2) is 126 Å². The Balaban J connectivity index is 1.29. The summed E-state index contributed by atoms with van der Waals surface area (Å²) in [7, 11) is 0. The van der Waals surface area contributed by atoms with Gasteiger partial charge in [-0.2, -0.15) is 0 Å². The average Bonchev–Trinajstić information content (AvgIpc) is 3.73. The number of aromatic nitrogens is 2. The Labute approximate surface area is 265 Å². The highest BCUT2D eigenvalue weighted by molar-refractivity contribution is 8.02. The van der Waals surface area contributed by atoms with Crippen molar-refractivity contribution in [3.63, 3.8) is 0 Å². The van der Waals surface area contributed by atoms with E-state index in [9.17, 15) is 0 Å². The highest BCUT2D eigenvalue weighted by Crippen LogP contribution is 2.45. The number of benzene rings is 6. The van der Waals surface area contributed by atoms with Crippen LogP contribution < -0.4 is 0 Å². The summed E-state index contributed by atoms with van der Waals surface area (Å²) in [6, 6.07) is 40.9. The Kier molecular flexibility index (Phi) is 5.22. The second-order valence-electron chi connectivity index (χ2n) is 12.7. The van der Waals surface area contributed by atoms with Crippen molar-refractivity contribution >= 4 is 88.0 Å². The van der Waals surface area contributed by atoms with Gasteiger partial charge in [-0.15, -0.1) is 11.8 Å². The maximum atomic E-state index is 3.59. The number of hydrogen-bond acceptors (Lipinski definition) is 1. The third-order valence-electron chi connectivity index (χ3n) is 10.1. The van der Waals surface area contributed by atoms with Crippen molar-refractivity contribution in [2.45, 2.75) is 13.3 Å². The molecule has 3 heterocycles.